The molecule has 1 aromatic rings. The van der Waals surface area contributed by atoms with E-state index in [1.54, 1.807) is 11.8 Å². The van der Waals surface area contributed by atoms with E-state index in [9.17, 15) is 4.79 Å². The number of aliphatic imine (C=N–C) groups is 1. The van der Waals surface area contributed by atoms with E-state index in [1.807, 2.05) is 5.38 Å². The number of thiazole rings is 1. The first-order chi connectivity index (χ1) is 7.58. The third kappa shape index (κ3) is 7.03. The molecule has 0 atom stereocenters. The molecule has 0 unspecified atom stereocenters. The van der Waals surface area contributed by atoms with Gasteiger partial charge in [0.05, 0.1) is 5.69 Å². The van der Waals surface area contributed by atoms with E-state index in [0.29, 0.717) is 17.3 Å². The highest BCUT2D eigenvalue weighted by Crippen LogP contribution is 2.21. The van der Waals surface area contributed by atoms with Crippen LogP contribution in [0.2, 0.25) is 0 Å². The lowest BCUT2D eigenvalue weighted by molar-refractivity contribution is -0.117. The molecule has 0 bridgehead atoms. The van der Waals surface area contributed by atoms with Crippen LogP contribution in [0.1, 0.15) is 12.1 Å². The molecule has 6 N–H and O–H groups in total. The lowest BCUT2D eigenvalue weighted by atomic mass is 10.5. The fourth-order valence-electron chi connectivity index (χ4n) is 0.874. The molecule has 0 aliphatic rings. The minimum atomic E-state index is -0.285. The average Bonchev–Trinajstić information content (AvgIpc) is 2.59. The van der Waals surface area contributed by atoms with Gasteiger partial charge >= 0.3 is 0 Å². The third-order valence-corrected chi connectivity index (χ3v) is 3.28. The summed E-state index contributed by atoms with van der Waals surface area (Å²) >= 11 is 2.98. The van der Waals surface area contributed by atoms with Crippen LogP contribution in [-0.4, -0.2) is 22.6 Å². The van der Waals surface area contributed by atoms with Crippen LogP contribution in [0.15, 0.2) is 10.4 Å². The molecule has 9 heteroatoms. The van der Waals surface area contributed by atoms with Gasteiger partial charge in [0.25, 0.3) is 0 Å². The Kier molecular flexibility index (Phi) is 7.68. The molecule has 17 heavy (non-hydrogen) atoms. The summed E-state index contributed by atoms with van der Waals surface area (Å²) in [5.74, 6) is 1.14. The molecule has 0 fully saturated rings. The zero-order valence-electron chi connectivity index (χ0n) is 8.96. The van der Waals surface area contributed by atoms with Gasteiger partial charge in [-0.3, -0.25) is 4.79 Å². The summed E-state index contributed by atoms with van der Waals surface area (Å²) in [5.41, 5.74) is 16.4. The van der Waals surface area contributed by atoms with Gasteiger partial charge in [-0.25, -0.2) is 4.98 Å². The Labute approximate surface area is 113 Å². The maximum Gasteiger partial charge on any atom is 0.218 e. The highest BCUT2D eigenvalue weighted by Gasteiger charge is 2.02. The van der Waals surface area contributed by atoms with E-state index >= 15 is 0 Å². The Morgan fingerprint density at radius 2 is 2.18 bits per heavy atom. The van der Waals surface area contributed by atoms with Crippen molar-refractivity contribution in [3.63, 3.8) is 0 Å². The molecule has 0 aliphatic heterocycles. The topological polar surface area (TPSA) is 120 Å². The number of thioether (sulfide) groups is 1. The first-order valence-electron chi connectivity index (χ1n) is 4.48. The normalized spacial score (nSPS) is 9.41. The average molecular weight is 296 g/mol. The van der Waals surface area contributed by atoms with Crippen molar-refractivity contribution in [2.45, 2.75) is 12.2 Å². The van der Waals surface area contributed by atoms with E-state index in [2.05, 4.69) is 9.98 Å². The van der Waals surface area contributed by atoms with Gasteiger partial charge in [-0.05, 0) is 0 Å². The van der Waals surface area contributed by atoms with Gasteiger partial charge in [0.15, 0.2) is 5.96 Å². The summed E-state index contributed by atoms with van der Waals surface area (Å²) in [4.78, 5) is 18.5. The molecule has 0 saturated carbocycles. The van der Waals surface area contributed by atoms with Crippen molar-refractivity contribution in [1.29, 1.82) is 0 Å². The SMILES string of the molecule is Cl.NC(=O)CCSCc1csc(N=C(N)N)n1. The number of guanidine groups is 1. The van der Waals surface area contributed by atoms with E-state index in [0.717, 1.165) is 11.4 Å². The highest BCUT2D eigenvalue weighted by molar-refractivity contribution is 7.98. The van der Waals surface area contributed by atoms with Crippen LogP contribution in [0.5, 0.6) is 0 Å². The Morgan fingerprint density at radius 1 is 1.47 bits per heavy atom. The van der Waals surface area contributed by atoms with Crippen LogP contribution in [0.4, 0.5) is 5.13 Å². The number of rotatable bonds is 6. The summed E-state index contributed by atoms with van der Waals surface area (Å²) in [6.07, 6.45) is 0.384. The van der Waals surface area contributed by atoms with Crippen LogP contribution < -0.4 is 17.2 Å². The predicted octanol–water partition coefficient (Wildman–Crippen LogP) is 0.578. The van der Waals surface area contributed by atoms with Crippen molar-refractivity contribution in [2.24, 2.45) is 22.2 Å². The fraction of sp³-hybridized carbons (Fsp3) is 0.375. The smallest absolute Gasteiger partial charge is 0.218 e. The van der Waals surface area contributed by atoms with Crippen LogP contribution in [-0.2, 0) is 10.5 Å². The van der Waals surface area contributed by atoms with E-state index in [-0.39, 0.29) is 24.3 Å². The van der Waals surface area contributed by atoms with Crippen molar-refractivity contribution >= 4 is 52.5 Å². The molecule has 0 aromatic carbocycles. The first kappa shape index (κ1) is 16.0. The number of hydrogen-bond acceptors (Lipinski definition) is 5. The van der Waals surface area contributed by atoms with Gasteiger partial charge in [0.2, 0.25) is 11.0 Å². The van der Waals surface area contributed by atoms with Crippen molar-refractivity contribution in [3.05, 3.63) is 11.1 Å². The molecule has 0 saturated heterocycles. The van der Waals surface area contributed by atoms with Crippen molar-refractivity contribution in [3.8, 4) is 0 Å². The Balaban J connectivity index is 0.00000256. The molecule has 1 amide bonds. The van der Waals surface area contributed by atoms with Gasteiger partial charge in [0.1, 0.15) is 0 Å². The molecule has 96 valence electrons. The summed E-state index contributed by atoms with van der Waals surface area (Å²) < 4.78 is 0. The van der Waals surface area contributed by atoms with Crippen LogP contribution in [0.25, 0.3) is 0 Å². The second-order valence-corrected chi connectivity index (χ2v) is 4.87. The van der Waals surface area contributed by atoms with E-state index in [4.69, 9.17) is 17.2 Å². The van der Waals surface area contributed by atoms with Crippen LogP contribution in [0, 0.1) is 0 Å². The number of carbonyl (C=O) groups is 1. The van der Waals surface area contributed by atoms with Crippen LogP contribution >= 0.6 is 35.5 Å². The van der Waals surface area contributed by atoms with Crippen LogP contribution in [0.3, 0.4) is 0 Å². The Hall–Kier alpha value is -0.990. The summed E-state index contributed by atoms with van der Waals surface area (Å²) in [5, 5.41) is 2.43. The number of primary amides is 1. The second kappa shape index (κ2) is 8.15. The summed E-state index contributed by atoms with van der Waals surface area (Å²) in [7, 11) is 0. The zero-order chi connectivity index (χ0) is 12.0. The standard InChI is InChI=1S/C8H13N5OS2.ClH/c9-6(14)1-2-15-3-5-4-16-8(12-5)13-7(10)11;/h4H,1-3H2,(H2,9,14)(H4,10,11,12,13);1H. The largest absolute Gasteiger partial charge is 0.370 e. The third-order valence-electron chi connectivity index (χ3n) is 1.51. The quantitative estimate of drug-likeness (QED) is 0.403. The first-order valence-corrected chi connectivity index (χ1v) is 6.51. The monoisotopic (exact) mass is 295 g/mol. The van der Waals surface area contributed by atoms with E-state index in [1.165, 1.54) is 11.3 Å². The predicted molar refractivity (Wildman–Crippen MR) is 74.8 cm³/mol. The van der Waals surface area contributed by atoms with Gasteiger partial charge in [-0.15, -0.1) is 23.7 Å². The maximum atomic E-state index is 10.5. The maximum absolute atomic E-state index is 10.5. The number of aromatic nitrogens is 1. The lowest BCUT2D eigenvalue weighted by Gasteiger charge is -1.95. The molecular weight excluding hydrogens is 282 g/mol. The number of nitrogens with two attached hydrogens (primary N) is 3. The Bertz CT molecular complexity index is 391. The van der Waals surface area contributed by atoms with Gasteiger partial charge in [-0.1, -0.05) is 0 Å². The number of halogens is 1. The van der Waals surface area contributed by atoms with Gasteiger partial charge < -0.3 is 17.2 Å². The van der Waals surface area contributed by atoms with Gasteiger partial charge in [-0.2, -0.15) is 16.8 Å². The fourth-order valence-corrected chi connectivity index (χ4v) is 2.53. The minimum absolute atomic E-state index is 0. The number of carbonyl (C=O) groups excluding carboxylic acids is 1. The number of amides is 1. The van der Waals surface area contributed by atoms with Gasteiger partial charge in [0, 0.05) is 23.3 Å². The zero-order valence-corrected chi connectivity index (χ0v) is 11.4. The van der Waals surface area contributed by atoms with Crippen molar-refractivity contribution in [1.82, 2.24) is 4.98 Å². The molecule has 1 heterocycles. The molecule has 0 aliphatic carbocycles. The van der Waals surface area contributed by atoms with Crippen molar-refractivity contribution in [2.75, 3.05) is 5.75 Å². The lowest BCUT2D eigenvalue weighted by Crippen LogP contribution is -2.21. The number of nitrogens with zero attached hydrogens (tertiary/aromatic N) is 2. The summed E-state index contributed by atoms with van der Waals surface area (Å²) in [6.45, 7) is 0. The Morgan fingerprint density at radius 3 is 2.76 bits per heavy atom. The second-order valence-electron chi connectivity index (χ2n) is 2.93. The number of hydrogen-bond donors (Lipinski definition) is 3. The molecule has 1 aromatic heterocycles. The van der Waals surface area contributed by atoms with E-state index < -0.39 is 0 Å². The summed E-state index contributed by atoms with van der Waals surface area (Å²) in [6, 6.07) is 0. The molecule has 0 radical (unpaired) electrons. The highest BCUT2D eigenvalue weighted by atomic mass is 35.5. The molecule has 0 spiro atoms. The molecule has 6 nitrogen and oxygen atoms in total. The minimum Gasteiger partial charge on any atom is -0.370 e. The molecule has 1 rings (SSSR count). The molecular formula is C8H14ClN5OS2. The van der Waals surface area contributed by atoms with Crippen molar-refractivity contribution < 1.29 is 4.79 Å².